The van der Waals surface area contributed by atoms with Crippen LogP contribution in [0.4, 0.5) is 5.69 Å². The molecule has 2 heterocycles. The van der Waals surface area contributed by atoms with Gasteiger partial charge in [-0.25, -0.2) is 0 Å². The number of amides is 1. The Kier molecular flexibility index (Phi) is 3.19. The first-order chi connectivity index (χ1) is 9.16. The molecule has 2 aliphatic heterocycles. The lowest BCUT2D eigenvalue weighted by atomic mass is 10.0. The molecule has 0 spiro atoms. The highest BCUT2D eigenvalue weighted by Gasteiger charge is 2.35. The summed E-state index contributed by atoms with van der Waals surface area (Å²) in [7, 11) is 0. The van der Waals surface area contributed by atoms with Crippen molar-refractivity contribution in [3.63, 3.8) is 0 Å². The number of fused-ring (bicyclic) bond motifs is 1. The van der Waals surface area contributed by atoms with Crippen molar-refractivity contribution in [2.75, 3.05) is 24.5 Å². The molecule has 0 saturated carbocycles. The highest BCUT2D eigenvalue weighted by Crippen LogP contribution is 2.30. The lowest BCUT2D eigenvalue weighted by Crippen LogP contribution is -2.51. The molecule has 2 aliphatic rings. The van der Waals surface area contributed by atoms with E-state index >= 15 is 0 Å². The summed E-state index contributed by atoms with van der Waals surface area (Å²) in [5.41, 5.74) is 8.49. The minimum atomic E-state index is 0.0411. The molecular formula is C15H21N3O. The fraction of sp³-hybridized carbons (Fsp3) is 0.533. The fourth-order valence-electron chi connectivity index (χ4n) is 3.24. The van der Waals surface area contributed by atoms with Gasteiger partial charge in [0.1, 0.15) is 0 Å². The molecule has 0 aromatic heterocycles. The maximum Gasteiger partial charge on any atom is 0.223 e. The number of anilines is 1. The van der Waals surface area contributed by atoms with Crippen LogP contribution < -0.4 is 10.6 Å². The molecule has 1 aromatic rings. The minimum Gasteiger partial charge on any atom is -0.367 e. The van der Waals surface area contributed by atoms with Crippen molar-refractivity contribution in [2.24, 2.45) is 5.73 Å². The summed E-state index contributed by atoms with van der Waals surface area (Å²) in [5.74, 6) is 0.324. The molecule has 19 heavy (non-hydrogen) atoms. The van der Waals surface area contributed by atoms with Gasteiger partial charge in [-0.3, -0.25) is 4.79 Å². The number of carbonyl (C=O) groups excluding carboxylic acids is 1. The zero-order valence-electron chi connectivity index (χ0n) is 11.4. The molecule has 1 unspecified atom stereocenters. The Morgan fingerprint density at radius 1 is 1.32 bits per heavy atom. The molecule has 0 radical (unpaired) electrons. The second-order valence-electron chi connectivity index (χ2n) is 5.57. The van der Waals surface area contributed by atoms with Crippen molar-refractivity contribution < 1.29 is 4.79 Å². The van der Waals surface area contributed by atoms with E-state index in [4.69, 9.17) is 5.73 Å². The Labute approximate surface area is 114 Å². The predicted octanol–water partition coefficient (Wildman–Crippen LogP) is 1.52. The molecule has 4 heteroatoms. The number of nitrogens with zero attached hydrogens (tertiary/aromatic N) is 2. The van der Waals surface area contributed by atoms with Crippen LogP contribution in [-0.4, -0.2) is 36.5 Å². The minimum absolute atomic E-state index is 0.0411. The summed E-state index contributed by atoms with van der Waals surface area (Å²) < 4.78 is 0. The molecule has 1 amide bonds. The van der Waals surface area contributed by atoms with Gasteiger partial charge >= 0.3 is 0 Å². The lowest BCUT2D eigenvalue weighted by Gasteiger charge is -2.40. The summed E-state index contributed by atoms with van der Waals surface area (Å²) >= 11 is 0. The van der Waals surface area contributed by atoms with Crippen LogP contribution in [0.3, 0.4) is 0 Å². The number of para-hydroxylation sites is 1. The van der Waals surface area contributed by atoms with Crippen molar-refractivity contribution in [3.05, 3.63) is 29.8 Å². The van der Waals surface area contributed by atoms with Gasteiger partial charge in [0.25, 0.3) is 0 Å². The molecule has 2 fully saturated rings. The van der Waals surface area contributed by atoms with Crippen LogP contribution in [-0.2, 0) is 4.79 Å². The third kappa shape index (κ3) is 2.21. The first-order valence-corrected chi connectivity index (χ1v) is 7.05. The Hall–Kier alpha value is -1.55. The average Bonchev–Trinajstić information content (AvgIpc) is 2.80. The Balaban J connectivity index is 1.83. The largest absolute Gasteiger partial charge is 0.367 e. The maximum absolute atomic E-state index is 11.7. The molecule has 2 saturated heterocycles. The average molecular weight is 259 g/mol. The Morgan fingerprint density at radius 2 is 2.11 bits per heavy atom. The van der Waals surface area contributed by atoms with Crippen LogP contribution in [0, 0.1) is 0 Å². The van der Waals surface area contributed by atoms with E-state index in [-0.39, 0.29) is 6.04 Å². The van der Waals surface area contributed by atoms with Gasteiger partial charge in [0.2, 0.25) is 5.91 Å². The number of hydrogen-bond acceptors (Lipinski definition) is 3. The zero-order chi connectivity index (χ0) is 13.4. The standard InChI is InChI=1S/C15H21N3O/c1-11(16)13-4-2-3-5-14(13)17-8-9-18-12(10-17)6-7-15(18)19/h2-5,11-12H,6-10,16H2,1H3/t11-,12?/m0/s1. The number of benzene rings is 1. The highest BCUT2D eigenvalue weighted by molar-refractivity contribution is 5.79. The fourth-order valence-corrected chi connectivity index (χ4v) is 3.24. The summed E-state index contributed by atoms with van der Waals surface area (Å²) in [6.07, 6.45) is 1.71. The third-order valence-electron chi connectivity index (χ3n) is 4.26. The molecule has 3 rings (SSSR count). The summed E-state index contributed by atoms with van der Waals surface area (Å²) in [6.45, 7) is 4.71. The van der Waals surface area contributed by atoms with Crippen molar-refractivity contribution in [1.29, 1.82) is 0 Å². The van der Waals surface area contributed by atoms with E-state index in [1.54, 1.807) is 0 Å². The normalized spacial score (nSPS) is 24.5. The SMILES string of the molecule is C[C@H](N)c1ccccc1N1CCN2C(=O)CCC2C1. The molecule has 2 atom stereocenters. The lowest BCUT2D eigenvalue weighted by molar-refractivity contribution is -0.129. The van der Waals surface area contributed by atoms with Gasteiger partial charge in [-0.15, -0.1) is 0 Å². The van der Waals surface area contributed by atoms with Crippen LogP contribution >= 0.6 is 0 Å². The second-order valence-corrected chi connectivity index (χ2v) is 5.57. The van der Waals surface area contributed by atoms with Gasteiger partial charge < -0.3 is 15.5 Å². The Bertz CT molecular complexity index is 486. The second kappa shape index (κ2) is 4.85. The molecule has 4 nitrogen and oxygen atoms in total. The Morgan fingerprint density at radius 3 is 2.89 bits per heavy atom. The molecule has 2 N–H and O–H groups in total. The number of piperazine rings is 1. The van der Waals surface area contributed by atoms with E-state index in [0.717, 1.165) is 26.1 Å². The maximum atomic E-state index is 11.7. The van der Waals surface area contributed by atoms with Crippen molar-refractivity contribution in [3.8, 4) is 0 Å². The van der Waals surface area contributed by atoms with E-state index in [0.29, 0.717) is 18.4 Å². The van der Waals surface area contributed by atoms with Crippen LogP contribution in [0.1, 0.15) is 31.4 Å². The summed E-state index contributed by atoms with van der Waals surface area (Å²) in [4.78, 5) is 16.1. The van der Waals surface area contributed by atoms with Crippen LogP contribution in [0.15, 0.2) is 24.3 Å². The van der Waals surface area contributed by atoms with E-state index < -0.39 is 0 Å². The van der Waals surface area contributed by atoms with Crippen LogP contribution in [0.25, 0.3) is 0 Å². The van der Waals surface area contributed by atoms with Gasteiger partial charge in [0.15, 0.2) is 0 Å². The monoisotopic (exact) mass is 259 g/mol. The molecule has 0 aliphatic carbocycles. The van der Waals surface area contributed by atoms with E-state index in [1.165, 1.54) is 11.3 Å². The molecular weight excluding hydrogens is 238 g/mol. The number of nitrogens with two attached hydrogens (primary N) is 1. The summed E-state index contributed by atoms with van der Waals surface area (Å²) in [5, 5.41) is 0. The van der Waals surface area contributed by atoms with Gasteiger partial charge in [0.05, 0.1) is 0 Å². The van der Waals surface area contributed by atoms with E-state index in [1.807, 2.05) is 17.9 Å². The predicted molar refractivity (Wildman–Crippen MR) is 76.0 cm³/mol. The highest BCUT2D eigenvalue weighted by atomic mass is 16.2. The van der Waals surface area contributed by atoms with Crippen molar-refractivity contribution in [2.45, 2.75) is 31.8 Å². The van der Waals surface area contributed by atoms with Gasteiger partial charge in [-0.05, 0) is 25.0 Å². The number of hydrogen-bond donors (Lipinski definition) is 1. The van der Waals surface area contributed by atoms with E-state index in [2.05, 4.69) is 23.1 Å². The van der Waals surface area contributed by atoms with Crippen LogP contribution in [0.5, 0.6) is 0 Å². The van der Waals surface area contributed by atoms with Crippen LogP contribution in [0.2, 0.25) is 0 Å². The topological polar surface area (TPSA) is 49.6 Å². The zero-order valence-corrected chi connectivity index (χ0v) is 11.4. The van der Waals surface area contributed by atoms with E-state index in [9.17, 15) is 4.79 Å². The molecule has 102 valence electrons. The number of rotatable bonds is 2. The van der Waals surface area contributed by atoms with Crippen molar-refractivity contribution in [1.82, 2.24) is 4.90 Å². The first kappa shape index (κ1) is 12.5. The molecule has 0 bridgehead atoms. The van der Waals surface area contributed by atoms with Gasteiger partial charge in [-0.2, -0.15) is 0 Å². The quantitative estimate of drug-likeness (QED) is 0.876. The third-order valence-corrected chi connectivity index (χ3v) is 4.26. The van der Waals surface area contributed by atoms with Crippen molar-refractivity contribution >= 4 is 11.6 Å². The number of carbonyl (C=O) groups is 1. The smallest absolute Gasteiger partial charge is 0.223 e. The van der Waals surface area contributed by atoms with Gasteiger partial charge in [0, 0.05) is 43.8 Å². The summed E-state index contributed by atoms with van der Waals surface area (Å²) in [6, 6.07) is 8.78. The van der Waals surface area contributed by atoms with Gasteiger partial charge in [-0.1, -0.05) is 18.2 Å². The first-order valence-electron chi connectivity index (χ1n) is 7.05. The molecule has 1 aromatic carbocycles.